The molecule has 0 aromatic heterocycles. The van der Waals surface area contributed by atoms with E-state index in [1.54, 1.807) is 0 Å². The van der Waals surface area contributed by atoms with Gasteiger partial charge < -0.3 is 14.8 Å². The fraction of sp³-hybridized carbons (Fsp3) is 0.476. The van der Waals surface area contributed by atoms with Gasteiger partial charge in [0.25, 0.3) is 5.91 Å². The van der Waals surface area contributed by atoms with Crippen LogP contribution in [-0.2, 0) is 9.53 Å². The average Bonchev–Trinajstić information content (AvgIpc) is 2.65. The van der Waals surface area contributed by atoms with Crippen molar-refractivity contribution in [3.05, 3.63) is 36.4 Å². The van der Waals surface area contributed by atoms with Gasteiger partial charge in [-0.25, -0.2) is 0 Å². The fourth-order valence-corrected chi connectivity index (χ4v) is 2.63. The third-order valence-corrected chi connectivity index (χ3v) is 4.37. The van der Waals surface area contributed by atoms with Gasteiger partial charge in [0.15, 0.2) is 0 Å². The molecule has 4 heteroatoms. The van der Waals surface area contributed by atoms with Gasteiger partial charge in [0.1, 0.15) is 11.4 Å². The zero-order valence-electron chi connectivity index (χ0n) is 15.7. The number of carbonyl (C=O) groups is 1. The highest BCUT2D eigenvalue weighted by atomic mass is 16.5. The maximum Gasteiger partial charge on any atom is 0.256 e. The maximum atomic E-state index is 12.8. The largest absolute Gasteiger partial charge is 0.493 e. The lowest BCUT2D eigenvalue weighted by atomic mass is 10.0. The van der Waals surface area contributed by atoms with E-state index in [0.717, 1.165) is 35.1 Å². The van der Waals surface area contributed by atoms with E-state index in [1.165, 1.54) is 0 Å². The van der Waals surface area contributed by atoms with Crippen LogP contribution in [0, 0.1) is 0 Å². The minimum atomic E-state index is -0.825. The quantitative estimate of drug-likeness (QED) is 0.684. The number of benzene rings is 2. The van der Waals surface area contributed by atoms with Crippen LogP contribution in [0.5, 0.6) is 5.75 Å². The molecule has 0 heterocycles. The topological polar surface area (TPSA) is 47.6 Å². The normalized spacial score (nSPS) is 13.4. The van der Waals surface area contributed by atoms with Crippen molar-refractivity contribution in [3.8, 4) is 5.75 Å². The molecule has 0 spiro atoms. The minimum Gasteiger partial charge on any atom is -0.493 e. The van der Waals surface area contributed by atoms with E-state index in [-0.39, 0.29) is 5.91 Å². The van der Waals surface area contributed by atoms with E-state index < -0.39 is 5.60 Å². The Hall–Kier alpha value is -2.07. The average molecular weight is 343 g/mol. The second-order valence-electron chi connectivity index (χ2n) is 6.39. The minimum absolute atomic E-state index is 0.115. The lowest BCUT2D eigenvalue weighted by Gasteiger charge is -2.27. The van der Waals surface area contributed by atoms with Crippen molar-refractivity contribution in [3.63, 3.8) is 0 Å². The first kappa shape index (κ1) is 19.3. The van der Waals surface area contributed by atoms with Crippen LogP contribution < -0.4 is 10.1 Å². The Morgan fingerprint density at radius 1 is 1.00 bits per heavy atom. The van der Waals surface area contributed by atoms with Crippen LogP contribution in [0.4, 0.5) is 5.69 Å². The standard InChI is InChI=1S/C21H29NO3/c1-5-14-24-19-13-12-18(16-10-8-9-11-17(16)19)22-20(23)21(4,7-3)25-15-6-2/h8-13H,5-7,14-15H2,1-4H3,(H,22,23)/t21-/m1/s1. The first-order chi connectivity index (χ1) is 12.1. The first-order valence-corrected chi connectivity index (χ1v) is 9.15. The number of hydrogen-bond acceptors (Lipinski definition) is 3. The van der Waals surface area contributed by atoms with Gasteiger partial charge in [-0.05, 0) is 38.3 Å². The van der Waals surface area contributed by atoms with Gasteiger partial charge in [0.05, 0.1) is 6.61 Å². The molecule has 0 aliphatic carbocycles. The number of ether oxygens (including phenoxy) is 2. The Balaban J connectivity index is 2.30. The van der Waals surface area contributed by atoms with Gasteiger partial charge in [-0.2, -0.15) is 0 Å². The molecule has 0 aliphatic heterocycles. The van der Waals surface area contributed by atoms with Gasteiger partial charge in [0, 0.05) is 23.1 Å². The van der Waals surface area contributed by atoms with Crippen molar-refractivity contribution in [1.82, 2.24) is 0 Å². The molecule has 0 radical (unpaired) electrons. The van der Waals surface area contributed by atoms with E-state index in [0.29, 0.717) is 19.6 Å². The van der Waals surface area contributed by atoms with E-state index in [2.05, 4.69) is 12.2 Å². The Morgan fingerprint density at radius 3 is 2.32 bits per heavy atom. The fourth-order valence-electron chi connectivity index (χ4n) is 2.63. The summed E-state index contributed by atoms with van der Waals surface area (Å²) in [5, 5.41) is 5.02. The summed E-state index contributed by atoms with van der Waals surface area (Å²) in [6.45, 7) is 9.18. The molecule has 2 aromatic rings. The molecule has 25 heavy (non-hydrogen) atoms. The van der Waals surface area contributed by atoms with Crippen molar-refractivity contribution in [2.24, 2.45) is 0 Å². The zero-order valence-corrected chi connectivity index (χ0v) is 15.7. The molecule has 0 bridgehead atoms. The summed E-state index contributed by atoms with van der Waals surface area (Å²) in [4.78, 5) is 12.8. The van der Waals surface area contributed by atoms with Gasteiger partial charge in [-0.3, -0.25) is 4.79 Å². The molecule has 1 atom stereocenters. The maximum absolute atomic E-state index is 12.8. The van der Waals surface area contributed by atoms with Crippen LogP contribution >= 0.6 is 0 Å². The molecule has 0 aliphatic rings. The summed E-state index contributed by atoms with van der Waals surface area (Å²) >= 11 is 0. The van der Waals surface area contributed by atoms with Gasteiger partial charge in [0.2, 0.25) is 0 Å². The van der Waals surface area contributed by atoms with Gasteiger partial charge in [-0.15, -0.1) is 0 Å². The summed E-state index contributed by atoms with van der Waals surface area (Å²) in [5.74, 6) is 0.728. The monoisotopic (exact) mass is 343 g/mol. The Labute approximate surface area is 150 Å². The van der Waals surface area contributed by atoms with Crippen LogP contribution in [0.25, 0.3) is 10.8 Å². The number of fused-ring (bicyclic) bond motifs is 1. The molecule has 136 valence electrons. The van der Waals surface area contributed by atoms with Crippen molar-refractivity contribution >= 4 is 22.4 Å². The highest BCUT2D eigenvalue weighted by molar-refractivity contribution is 6.06. The molecule has 4 nitrogen and oxygen atoms in total. The molecule has 0 unspecified atom stereocenters. The Bertz CT molecular complexity index is 713. The Morgan fingerprint density at radius 2 is 1.68 bits per heavy atom. The predicted molar refractivity (Wildman–Crippen MR) is 103 cm³/mol. The van der Waals surface area contributed by atoms with E-state index in [4.69, 9.17) is 9.47 Å². The van der Waals surface area contributed by atoms with Crippen LogP contribution in [-0.4, -0.2) is 24.7 Å². The van der Waals surface area contributed by atoms with Crippen LogP contribution in [0.1, 0.15) is 47.0 Å². The van der Waals surface area contributed by atoms with E-state index >= 15 is 0 Å². The number of rotatable bonds is 9. The van der Waals surface area contributed by atoms with Crippen molar-refractivity contribution in [2.75, 3.05) is 18.5 Å². The zero-order chi connectivity index (χ0) is 18.3. The molecule has 0 fully saturated rings. The first-order valence-electron chi connectivity index (χ1n) is 9.15. The molecule has 2 aromatic carbocycles. The summed E-state index contributed by atoms with van der Waals surface area (Å²) in [6.07, 6.45) is 2.46. The second kappa shape index (κ2) is 8.86. The van der Waals surface area contributed by atoms with Crippen molar-refractivity contribution < 1.29 is 14.3 Å². The van der Waals surface area contributed by atoms with Gasteiger partial charge in [-0.1, -0.05) is 45.0 Å². The van der Waals surface area contributed by atoms with Crippen LogP contribution in [0.3, 0.4) is 0 Å². The Kier molecular flexibility index (Phi) is 6.82. The number of anilines is 1. The summed E-state index contributed by atoms with van der Waals surface area (Å²) < 4.78 is 11.6. The number of hydrogen-bond donors (Lipinski definition) is 1. The van der Waals surface area contributed by atoms with E-state index in [1.807, 2.05) is 57.2 Å². The molecule has 0 saturated heterocycles. The number of amides is 1. The van der Waals surface area contributed by atoms with E-state index in [9.17, 15) is 4.79 Å². The van der Waals surface area contributed by atoms with Crippen molar-refractivity contribution in [1.29, 1.82) is 0 Å². The smallest absolute Gasteiger partial charge is 0.256 e. The predicted octanol–water partition coefficient (Wildman–Crippen LogP) is 5.16. The number of nitrogens with one attached hydrogen (secondary N) is 1. The second-order valence-corrected chi connectivity index (χ2v) is 6.39. The lowest BCUT2D eigenvalue weighted by Crippen LogP contribution is -2.42. The molecular weight excluding hydrogens is 314 g/mol. The lowest BCUT2D eigenvalue weighted by molar-refractivity contribution is -0.139. The van der Waals surface area contributed by atoms with Crippen molar-refractivity contribution in [2.45, 2.75) is 52.6 Å². The number of carbonyl (C=O) groups excluding carboxylic acids is 1. The molecule has 1 amide bonds. The van der Waals surface area contributed by atoms with Crippen LogP contribution in [0.15, 0.2) is 36.4 Å². The molecule has 1 N–H and O–H groups in total. The molecular formula is C21H29NO3. The highest BCUT2D eigenvalue weighted by Crippen LogP contribution is 2.32. The summed E-state index contributed by atoms with van der Waals surface area (Å²) in [6, 6.07) is 11.8. The molecule has 2 rings (SSSR count). The third kappa shape index (κ3) is 4.51. The van der Waals surface area contributed by atoms with Gasteiger partial charge >= 0.3 is 0 Å². The molecule has 0 saturated carbocycles. The third-order valence-electron chi connectivity index (χ3n) is 4.37. The SMILES string of the molecule is CCCOc1ccc(NC(=O)[C@@](C)(CC)OCCC)c2ccccc12. The van der Waals surface area contributed by atoms with Crippen LogP contribution in [0.2, 0.25) is 0 Å². The highest BCUT2D eigenvalue weighted by Gasteiger charge is 2.32. The summed E-state index contributed by atoms with van der Waals surface area (Å²) in [7, 11) is 0. The summed E-state index contributed by atoms with van der Waals surface area (Å²) in [5.41, 5.74) is -0.0432.